The van der Waals surface area contributed by atoms with Crippen molar-refractivity contribution in [1.82, 2.24) is 4.98 Å². The highest BCUT2D eigenvalue weighted by molar-refractivity contribution is 9.10. The molecule has 1 rings (SSSR count). The van der Waals surface area contributed by atoms with Gasteiger partial charge in [0.25, 0.3) is 0 Å². The van der Waals surface area contributed by atoms with Gasteiger partial charge in [-0.05, 0) is 28.1 Å². The number of nitrogens with zero attached hydrogens (tertiary/aromatic N) is 1. The molecule has 0 aliphatic carbocycles. The van der Waals surface area contributed by atoms with Gasteiger partial charge in [-0.3, -0.25) is 4.98 Å². The van der Waals surface area contributed by atoms with Gasteiger partial charge >= 0.3 is 0 Å². The number of rotatable bonds is 2. The molecule has 0 aliphatic rings. The summed E-state index contributed by atoms with van der Waals surface area (Å²) in [6, 6.07) is 2.90. The van der Waals surface area contributed by atoms with Gasteiger partial charge in [0.1, 0.15) is 6.67 Å². The lowest BCUT2D eigenvalue weighted by atomic mass is 10.2. The lowest BCUT2D eigenvalue weighted by Gasteiger charge is -2.04. The Hall–Kier alpha value is -0.190. The average molecular weight is 256 g/mol. The van der Waals surface area contributed by atoms with Crippen molar-refractivity contribution in [2.45, 2.75) is 6.04 Å². The molecule has 0 saturated carbocycles. The summed E-state index contributed by atoms with van der Waals surface area (Å²) >= 11 is 3.22. The van der Waals surface area contributed by atoms with Gasteiger partial charge in [-0.15, -0.1) is 12.4 Å². The van der Waals surface area contributed by atoms with Crippen LogP contribution in [0.15, 0.2) is 22.8 Å². The largest absolute Gasteiger partial charge is 0.321 e. The molecular weight excluding hydrogens is 246 g/mol. The maximum Gasteiger partial charge on any atom is 0.110 e. The van der Waals surface area contributed by atoms with E-state index in [1.807, 2.05) is 0 Å². The van der Waals surface area contributed by atoms with Crippen LogP contribution in [-0.2, 0) is 0 Å². The first-order chi connectivity index (χ1) is 5.24. The Labute approximate surface area is 84.9 Å². The van der Waals surface area contributed by atoms with E-state index in [2.05, 4.69) is 20.9 Å². The number of hydrogen-bond acceptors (Lipinski definition) is 2. The second-order valence-electron chi connectivity index (χ2n) is 2.16. The number of pyridine rings is 1. The summed E-state index contributed by atoms with van der Waals surface area (Å²) in [4.78, 5) is 3.94. The summed E-state index contributed by atoms with van der Waals surface area (Å²) in [6.07, 6.45) is 1.60. The highest BCUT2D eigenvalue weighted by atomic mass is 79.9. The number of alkyl halides is 1. The lowest BCUT2D eigenvalue weighted by molar-refractivity contribution is 0.432. The number of hydrogen-bond donors (Lipinski definition) is 1. The van der Waals surface area contributed by atoms with Crippen molar-refractivity contribution in [2.24, 2.45) is 5.73 Å². The molecule has 2 nitrogen and oxygen atoms in total. The number of halogens is 3. The van der Waals surface area contributed by atoms with Crippen LogP contribution in [0.4, 0.5) is 4.39 Å². The predicted molar refractivity (Wildman–Crippen MR) is 52.1 cm³/mol. The molecule has 0 fully saturated rings. The van der Waals surface area contributed by atoms with E-state index in [1.54, 1.807) is 18.3 Å². The minimum atomic E-state index is -0.594. The van der Waals surface area contributed by atoms with Crippen molar-refractivity contribution in [1.29, 1.82) is 0 Å². The number of aromatic nitrogens is 1. The monoisotopic (exact) mass is 254 g/mol. The predicted octanol–water partition coefficient (Wildman–Crippen LogP) is 2.24. The molecule has 1 heterocycles. The van der Waals surface area contributed by atoms with Crippen LogP contribution >= 0.6 is 28.3 Å². The van der Waals surface area contributed by atoms with E-state index >= 15 is 0 Å². The SMILES string of the molecule is Cl.N[C@H](CF)c1ccc(Br)cn1. The van der Waals surface area contributed by atoms with Crippen LogP contribution in [0, 0.1) is 0 Å². The standard InChI is InChI=1S/C7H8BrFN2.ClH/c8-5-1-2-7(11-4-5)6(10)3-9;/h1-2,4,6H,3,10H2;1H/t6-;/m1./s1. The molecule has 2 N–H and O–H groups in total. The summed E-state index contributed by atoms with van der Waals surface area (Å²) in [6.45, 7) is -0.575. The first-order valence-corrected chi connectivity index (χ1v) is 3.96. The molecule has 0 saturated heterocycles. The summed E-state index contributed by atoms with van der Waals surface area (Å²) < 4.78 is 12.9. The van der Waals surface area contributed by atoms with E-state index in [-0.39, 0.29) is 12.4 Å². The molecule has 1 aromatic heterocycles. The van der Waals surface area contributed by atoms with E-state index < -0.39 is 12.7 Å². The van der Waals surface area contributed by atoms with Gasteiger partial charge in [0.2, 0.25) is 0 Å². The minimum Gasteiger partial charge on any atom is -0.321 e. The summed E-state index contributed by atoms with van der Waals surface area (Å²) in [5.74, 6) is 0. The van der Waals surface area contributed by atoms with E-state index in [0.717, 1.165) is 4.47 Å². The average Bonchev–Trinajstić information content (AvgIpc) is 2.05. The van der Waals surface area contributed by atoms with Crippen molar-refractivity contribution < 1.29 is 4.39 Å². The summed E-state index contributed by atoms with van der Waals surface area (Å²) in [7, 11) is 0. The van der Waals surface area contributed by atoms with Crippen LogP contribution in [0.2, 0.25) is 0 Å². The van der Waals surface area contributed by atoms with Crippen LogP contribution in [-0.4, -0.2) is 11.7 Å². The van der Waals surface area contributed by atoms with Crippen LogP contribution in [0.5, 0.6) is 0 Å². The highest BCUT2D eigenvalue weighted by Crippen LogP contribution is 2.11. The topological polar surface area (TPSA) is 38.9 Å². The van der Waals surface area contributed by atoms with Crippen LogP contribution in [0.1, 0.15) is 11.7 Å². The summed E-state index contributed by atoms with van der Waals surface area (Å²) in [5, 5.41) is 0. The first-order valence-electron chi connectivity index (χ1n) is 3.17. The third-order valence-corrected chi connectivity index (χ3v) is 1.77. The Bertz CT molecular complexity index is 229. The molecule has 12 heavy (non-hydrogen) atoms. The van der Waals surface area contributed by atoms with Crippen molar-refractivity contribution in [3.05, 3.63) is 28.5 Å². The smallest absolute Gasteiger partial charge is 0.110 e. The Kier molecular flexibility index (Phi) is 5.37. The van der Waals surface area contributed by atoms with Crippen LogP contribution in [0.25, 0.3) is 0 Å². The molecule has 0 spiro atoms. The highest BCUT2D eigenvalue weighted by Gasteiger charge is 2.04. The fourth-order valence-corrected chi connectivity index (χ4v) is 0.920. The van der Waals surface area contributed by atoms with Gasteiger partial charge in [0.05, 0.1) is 11.7 Å². The van der Waals surface area contributed by atoms with Gasteiger partial charge < -0.3 is 5.73 Å². The van der Waals surface area contributed by atoms with Crippen molar-refractivity contribution >= 4 is 28.3 Å². The van der Waals surface area contributed by atoms with Crippen molar-refractivity contribution in [3.8, 4) is 0 Å². The van der Waals surface area contributed by atoms with Gasteiger partial charge in [0, 0.05) is 10.7 Å². The lowest BCUT2D eigenvalue weighted by Crippen LogP contribution is -2.13. The maximum atomic E-state index is 12.0. The zero-order valence-corrected chi connectivity index (χ0v) is 8.61. The Balaban J connectivity index is 0.00000121. The second kappa shape index (κ2) is 5.45. The molecule has 5 heteroatoms. The van der Waals surface area contributed by atoms with Gasteiger partial charge in [-0.25, -0.2) is 4.39 Å². The van der Waals surface area contributed by atoms with E-state index in [1.165, 1.54) is 0 Å². The molecule has 68 valence electrons. The zero-order valence-electron chi connectivity index (χ0n) is 6.21. The van der Waals surface area contributed by atoms with Gasteiger partial charge in [-0.2, -0.15) is 0 Å². The molecule has 0 bridgehead atoms. The third kappa shape index (κ3) is 3.05. The quantitative estimate of drug-likeness (QED) is 0.880. The molecule has 0 amide bonds. The zero-order chi connectivity index (χ0) is 8.27. The van der Waals surface area contributed by atoms with Crippen LogP contribution < -0.4 is 5.73 Å². The van der Waals surface area contributed by atoms with Crippen molar-refractivity contribution in [2.75, 3.05) is 6.67 Å². The molecule has 0 unspecified atom stereocenters. The molecular formula is C7H9BrClFN2. The van der Waals surface area contributed by atoms with Gasteiger partial charge in [-0.1, -0.05) is 0 Å². The molecule has 0 aromatic carbocycles. The Morgan fingerprint density at radius 2 is 2.25 bits per heavy atom. The molecule has 0 radical (unpaired) electrons. The van der Waals surface area contributed by atoms with E-state index in [4.69, 9.17) is 5.73 Å². The van der Waals surface area contributed by atoms with E-state index in [0.29, 0.717) is 5.69 Å². The second-order valence-corrected chi connectivity index (χ2v) is 3.08. The maximum absolute atomic E-state index is 12.0. The Morgan fingerprint density at radius 1 is 1.58 bits per heavy atom. The third-order valence-electron chi connectivity index (χ3n) is 1.30. The normalized spacial score (nSPS) is 11.9. The van der Waals surface area contributed by atoms with E-state index in [9.17, 15) is 4.39 Å². The van der Waals surface area contributed by atoms with Crippen LogP contribution in [0.3, 0.4) is 0 Å². The van der Waals surface area contributed by atoms with Crippen molar-refractivity contribution in [3.63, 3.8) is 0 Å². The molecule has 0 aliphatic heterocycles. The minimum absolute atomic E-state index is 0. The first kappa shape index (κ1) is 11.8. The molecule has 1 atom stereocenters. The fraction of sp³-hybridized carbons (Fsp3) is 0.286. The number of nitrogens with two attached hydrogens (primary N) is 1. The molecule has 1 aromatic rings. The fourth-order valence-electron chi connectivity index (χ4n) is 0.686. The Morgan fingerprint density at radius 3 is 2.67 bits per heavy atom. The van der Waals surface area contributed by atoms with Gasteiger partial charge in [0.15, 0.2) is 0 Å². The summed E-state index contributed by atoms with van der Waals surface area (Å²) in [5.41, 5.74) is 5.97.